The molecule has 0 radical (unpaired) electrons. The number of Topliss-reactive ketones (excluding diaryl/α,β-unsaturated/α-hetero) is 1. The molecule has 178 valence electrons. The Labute approximate surface area is 202 Å². The molecule has 4 aromatic rings. The van der Waals surface area contributed by atoms with E-state index in [1.807, 2.05) is 54.6 Å². The molecule has 1 unspecified atom stereocenters. The van der Waals surface area contributed by atoms with E-state index in [1.165, 1.54) is 6.92 Å². The third kappa shape index (κ3) is 5.11. The molecule has 0 saturated carbocycles. The molecule has 0 spiro atoms. The molecule has 0 aliphatic carbocycles. The van der Waals surface area contributed by atoms with Crippen LogP contribution in [0.15, 0.2) is 71.8 Å². The zero-order chi connectivity index (χ0) is 24.9. The van der Waals surface area contributed by atoms with Crippen molar-refractivity contribution >= 4 is 33.9 Å². The summed E-state index contributed by atoms with van der Waals surface area (Å²) in [6.45, 7) is 5.01. The molecule has 4 rings (SSSR count). The first-order valence-electron chi connectivity index (χ1n) is 11.4. The van der Waals surface area contributed by atoms with Crippen molar-refractivity contribution in [2.24, 2.45) is 0 Å². The lowest BCUT2D eigenvalue weighted by Gasteiger charge is -2.18. The zero-order valence-electron chi connectivity index (χ0n) is 19.8. The fraction of sp³-hybridized carbons (Fsp3) is 0.222. The Bertz CT molecular complexity index is 1440. The van der Waals surface area contributed by atoms with E-state index in [0.717, 1.165) is 21.0 Å². The molecule has 8 heteroatoms. The predicted octanol–water partition coefficient (Wildman–Crippen LogP) is 4.55. The number of esters is 1. The normalized spacial score (nSPS) is 11.7. The van der Waals surface area contributed by atoms with Gasteiger partial charge in [-0.3, -0.25) is 14.6 Å². The highest BCUT2D eigenvalue weighted by Crippen LogP contribution is 2.27. The number of rotatable bonds is 8. The van der Waals surface area contributed by atoms with Crippen molar-refractivity contribution in [1.82, 2.24) is 14.8 Å². The maximum absolute atomic E-state index is 13.2. The summed E-state index contributed by atoms with van der Waals surface area (Å²) < 4.78 is 6.78. The Morgan fingerprint density at radius 2 is 1.77 bits per heavy atom. The number of benzene rings is 2. The van der Waals surface area contributed by atoms with Crippen molar-refractivity contribution in [2.75, 3.05) is 5.32 Å². The highest BCUT2D eigenvalue weighted by molar-refractivity contribution is 6.09. The van der Waals surface area contributed by atoms with Gasteiger partial charge in [-0.2, -0.15) is 5.10 Å². The van der Waals surface area contributed by atoms with Gasteiger partial charge in [0, 0.05) is 29.9 Å². The fourth-order valence-corrected chi connectivity index (χ4v) is 3.96. The zero-order valence-corrected chi connectivity index (χ0v) is 19.8. The molecule has 8 nitrogen and oxygen atoms in total. The topological polar surface area (TPSA) is 103 Å². The summed E-state index contributed by atoms with van der Waals surface area (Å²) in [5.74, 6) is -1.24. The molecule has 1 N–H and O–H groups in total. The summed E-state index contributed by atoms with van der Waals surface area (Å²) in [6.07, 6.45) is 3.32. The molecule has 0 aliphatic heterocycles. The molecule has 0 amide bonds. The van der Waals surface area contributed by atoms with Crippen molar-refractivity contribution in [3.63, 3.8) is 0 Å². The highest BCUT2D eigenvalue weighted by Gasteiger charge is 2.27. The van der Waals surface area contributed by atoms with Gasteiger partial charge in [0.1, 0.15) is 11.8 Å². The van der Waals surface area contributed by atoms with Crippen LogP contribution in [0.2, 0.25) is 0 Å². The number of nitrogens with one attached hydrogen (secondary N) is 1. The van der Waals surface area contributed by atoms with Gasteiger partial charge in [0.2, 0.25) is 0 Å². The molecular formula is C27H26N4O4. The highest BCUT2D eigenvalue weighted by atomic mass is 16.5. The second-order valence-corrected chi connectivity index (χ2v) is 8.21. The molecular weight excluding hydrogens is 444 g/mol. The summed E-state index contributed by atoms with van der Waals surface area (Å²) in [5.41, 5.74) is 0.694. The number of aryl methyl sites for hydroxylation is 1. The molecule has 35 heavy (non-hydrogen) atoms. The third-order valence-electron chi connectivity index (χ3n) is 5.60. The van der Waals surface area contributed by atoms with Gasteiger partial charge in [0.15, 0.2) is 11.5 Å². The number of carbonyl (C=O) groups is 2. The predicted molar refractivity (Wildman–Crippen MR) is 134 cm³/mol. The minimum absolute atomic E-state index is 0.0323. The van der Waals surface area contributed by atoms with E-state index >= 15 is 0 Å². The van der Waals surface area contributed by atoms with Crippen LogP contribution in [0.5, 0.6) is 0 Å². The van der Waals surface area contributed by atoms with E-state index < -0.39 is 23.4 Å². The van der Waals surface area contributed by atoms with E-state index in [0.29, 0.717) is 12.1 Å². The molecule has 2 aromatic heterocycles. The standard InChI is InChI=1S/C27H26N4O4/c1-4-31-26(33)24(29-22-16-28-15-20-12-8-9-13-21(20)22)23(18(3)32)25(30-31)27(34)35-17(2)14-19-10-6-5-7-11-19/h5-13,15-17,29H,4,14H2,1-3H3. The van der Waals surface area contributed by atoms with Gasteiger partial charge in [-0.1, -0.05) is 54.6 Å². The Hall–Kier alpha value is -4.33. The number of ketones is 1. The lowest BCUT2D eigenvalue weighted by Crippen LogP contribution is -2.31. The second-order valence-electron chi connectivity index (χ2n) is 8.21. The van der Waals surface area contributed by atoms with Crippen LogP contribution in [0, 0.1) is 0 Å². The van der Waals surface area contributed by atoms with Gasteiger partial charge in [0.05, 0.1) is 17.4 Å². The SMILES string of the molecule is CCn1nc(C(=O)OC(C)Cc2ccccc2)c(C(C)=O)c(Nc2cncc3ccccc23)c1=O. The van der Waals surface area contributed by atoms with Crippen LogP contribution in [0.3, 0.4) is 0 Å². The average Bonchev–Trinajstić information content (AvgIpc) is 2.85. The number of hydrogen-bond donors (Lipinski definition) is 1. The molecule has 1 atom stereocenters. The first kappa shape index (κ1) is 23.8. The van der Waals surface area contributed by atoms with Crippen molar-refractivity contribution in [3.8, 4) is 0 Å². The average molecular weight is 471 g/mol. The van der Waals surface area contributed by atoms with Crippen molar-refractivity contribution in [2.45, 2.75) is 39.8 Å². The van der Waals surface area contributed by atoms with Crippen LogP contribution in [0.1, 0.15) is 47.2 Å². The van der Waals surface area contributed by atoms with Gasteiger partial charge in [0.25, 0.3) is 5.56 Å². The molecule has 0 aliphatic rings. The van der Waals surface area contributed by atoms with Gasteiger partial charge in [-0.15, -0.1) is 0 Å². The number of ether oxygens (including phenoxy) is 1. The Kier molecular flexibility index (Phi) is 7.01. The van der Waals surface area contributed by atoms with E-state index in [-0.39, 0.29) is 23.5 Å². The number of aromatic nitrogens is 3. The van der Waals surface area contributed by atoms with E-state index in [1.54, 1.807) is 26.2 Å². The van der Waals surface area contributed by atoms with Crippen LogP contribution in [-0.4, -0.2) is 32.6 Å². The lowest BCUT2D eigenvalue weighted by atomic mass is 10.1. The Morgan fingerprint density at radius 1 is 1.06 bits per heavy atom. The van der Waals surface area contributed by atoms with Crippen LogP contribution in [0.25, 0.3) is 10.8 Å². The number of fused-ring (bicyclic) bond motifs is 1. The van der Waals surface area contributed by atoms with Crippen molar-refractivity contribution in [1.29, 1.82) is 0 Å². The number of carbonyl (C=O) groups excluding carboxylic acids is 2. The summed E-state index contributed by atoms with van der Waals surface area (Å²) in [5, 5.41) is 8.93. The Balaban J connectivity index is 1.75. The smallest absolute Gasteiger partial charge is 0.359 e. The minimum Gasteiger partial charge on any atom is -0.458 e. The molecule has 0 bridgehead atoms. The Morgan fingerprint density at radius 3 is 2.49 bits per heavy atom. The quantitative estimate of drug-likeness (QED) is 0.298. The van der Waals surface area contributed by atoms with Gasteiger partial charge < -0.3 is 10.1 Å². The van der Waals surface area contributed by atoms with Crippen molar-refractivity contribution in [3.05, 3.63) is 94.2 Å². The summed E-state index contributed by atoms with van der Waals surface area (Å²) in [7, 11) is 0. The monoisotopic (exact) mass is 470 g/mol. The number of hydrogen-bond acceptors (Lipinski definition) is 7. The van der Waals surface area contributed by atoms with Crippen LogP contribution < -0.4 is 10.9 Å². The molecule has 2 aromatic carbocycles. The lowest BCUT2D eigenvalue weighted by molar-refractivity contribution is 0.0330. The number of pyridine rings is 1. The second kappa shape index (κ2) is 10.3. The number of nitrogens with zero attached hydrogens (tertiary/aromatic N) is 3. The van der Waals surface area contributed by atoms with E-state index in [2.05, 4.69) is 15.4 Å². The maximum atomic E-state index is 13.2. The summed E-state index contributed by atoms with van der Waals surface area (Å²) in [4.78, 5) is 43.3. The van der Waals surface area contributed by atoms with Gasteiger partial charge >= 0.3 is 5.97 Å². The molecule has 2 heterocycles. The van der Waals surface area contributed by atoms with Gasteiger partial charge in [-0.05, 0) is 26.3 Å². The van der Waals surface area contributed by atoms with Crippen LogP contribution in [-0.2, 0) is 17.7 Å². The molecule has 0 saturated heterocycles. The van der Waals surface area contributed by atoms with Crippen LogP contribution >= 0.6 is 0 Å². The van der Waals surface area contributed by atoms with Crippen LogP contribution in [0.4, 0.5) is 11.4 Å². The first-order valence-corrected chi connectivity index (χ1v) is 11.4. The first-order chi connectivity index (χ1) is 16.9. The third-order valence-corrected chi connectivity index (χ3v) is 5.60. The number of anilines is 2. The van der Waals surface area contributed by atoms with Crippen molar-refractivity contribution < 1.29 is 14.3 Å². The molecule has 0 fully saturated rings. The minimum atomic E-state index is -0.764. The van der Waals surface area contributed by atoms with E-state index in [9.17, 15) is 14.4 Å². The summed E-state index contributed by atoms with van der Waals surface area (Å²) in [6, 6.07) is 17.2. The maximum Gasteiger partial charge on any atom is 0.359 e. The van der Waals surface area contributed by atoms with Gasteiger partial charge in [-0.25, -0.2) is 9.48 Å². The largest absolute Gasteiger partial charge is 0.458 e. The van der Waals surface area contributed by atoms with E-state index in [4.69, 9.17) is 4.74 Å². The summed E-state index contributed by atoms with van der Waals surface area (Å²) >= 11 is 0. The fourth-order valence-electron chi connectivity index (χ4n) is 3.96.